The van der Waals surface area contributed by atoms with Gasteiger partial charge in [0, 0.05) is 36.2 Å². The predicted octanol–water partition coefficient (Wildman–Crippen LogP) is 3.78. The standard InChI is InChI=1S/C27H24N2O6/c1-29-11-18-15(6-7-20-26(18)34-13-31-20)24-23(35-27(30)16-4-2-3-5-19(16)28)9-14-8-21-22(33-12-32-21)10-17(14)25(24)29/h2-8,10,23-25H,9,11-13,28H2,1H3/t23-,24-,25+/m0/s1. The minimum absolute atomic E-state index is 0.0213. The highest BCUT2D eigenvalue weighted by atomic mass is 16.7. The van der Waals surface area contributed by atoms with E-state index in [-0.39, 0.29) is 25.5 Å². The van der Waals surface area contributed by atoms with Gasteiger partial charge in [-0.25, -0.2) is 4.79 Å². The molecule has 3 atom stereocenters. The second kappa shape index (κ2) is 7.55. The van der Waals surface area contributed by atoms with Crippen LogP contribution in [0.15, 0.2) is 48.5 Å². The van der Waals surface area contributed by atoms with Gasteiger partial charge < -0.3 is 29.4 Å². The minimum atomic E-state index is -0.424. The molecule has 0 spiro atoms. The van der Waals surface area contributed by atoms with Crippen LogP contribution in [-0.4, -0.2) is 37.6 Å². The number of carbonyl (C=O) groups is 1. The van der Waals surface area contributed by atoms with Crippen LogP contribution in [0, 0.1) is 0 Å². The maximum Gasteiger partial charge on any atom is 0.340 e. The lowest BCUT2D eigenvalue weighted by molar-refractivity contribution is 0.00385. The maximum absolute atomic E-state index is 13.3. The monoisotopic (exact) mass is 472 g/mol. The lowest BCUT2D eigenvalue weighted by Gasteiger charge is -2.47. The summed E-state index contributed by atoms with van der Waals surface area (Å²) in [5.74, 6) is 2.47. The van der Waals surface area contributed by atoms with E-state index in [1.165, 1.54) is 0 Å². The molecule has 178 valence electrons. The van der Waals surface area contributed by atoms with E-state index >= 15 is 0 Å². The van der Waals surface area contributed by atoms with Gasteiger partial charge in [0.1, 0.15) is 6.10 Å². The number of esters is 1. The van der Waals surface area contributed by atoms with E-state index in [1.807, 2.05) is 12.1 Å². The van der Waals surface area contributed by atoms with Gasteiger partial charge in [-0.1, -0.05) is 18.2 Å². The quantitative estimate of drug-likeness (QED) is 0.445. The number of anilines is 1. The summed E-state index contributed by atoms with van der Waals surface area (Å²) in [4.78, 5) is 15.6. The SMILES string of the molecule is CN1Cc2c(ccc3c2OCO3)[C@H]2[C@@H](OC(=O)c3ccccc3N)Cc3cc4c(cc3[C@H]21)OCO4. The fourth-order valence-corrected chi connectivity index (χ4v) is 5.94. The molecule has 8 heteroatoms. The number of hydrogen-bond acceptors (Lipinski definition) is 8. The zero-order chi connectivity index (χ0) is 23.7. The summed E-state index contributed by atoms with van der Waals surface area (Å²) in [5, 5.41) is 0. The topological polar surface area (TPSA) is 92.5 Å². The summed E-state index contributed by atoms with van der Waals surface area (Å²) in [6, 6.07) is 15.1. The summed E-state index contributed by atoms with van der Waals surface area (Å²) in [5.41, 5.74) is 11.3. The van der Waals surface area contributed by atoms with Crippen molar-refractivity contribution in [3.8, 4) is 23.0 Å². The van der Waals surface area contributed by atoms with Gasteiger partial charge in [-0.05, 0) is 54.1 Å². The highest BCUT2D eigenvalue weighted by Crippen LogP contribution is 2.54. The molecule has 3 aromatic rings. The van der Waals surface area contributed by atoms with Crippen LogP contribution in [0.4, 0.5) is 5.69 Å². The van der Waals surface area contributed by atoms with E-state index in [2.05, 4.69) is 24.1 Å². The molecule has 0 saturated heterocycles. The van der Waals surface area contributed by atoms with Gasteiger partial charge in [0.15, 0.2) is 23.0 Å². The summed E-state index contributed by atoms with van der Waals surface area (Å²) < 4.78 is 29.1. The largest absolute Gasteiger partial charge is 0.458 e. The normalized spacial score (nSPS) is 23.3. The Kier molecular flexibility index (Phi) is 4.41. The lowest BCUT2D eigenvalue weighted by atomic mass is 9.70. The number of nitrogens with two attached hydrogens (primary N) is 1. The third kappa shape index (κ3) is 3.06. The molecule has 35 heavy (non-hydrogen) atoms. The molecule has 1 aliphatic carbocycles. The zero-order valence-electron chi connectivity index (χ0n) is 19.2. The second-order valence-electron chi connectivity index (χ2n) is 9.39. The Hall–Kier alpha value is -3.91. The summed E-state index contributed by atoms with van der Waals surface area (Å²) in [6.45, 7) is 1.10. The third-order valence-corrected chi connectivity index (χ3v) is 7.47. The Labute approximate surface area is 202 Å². The molecule has 2 N–H and O–H groups in total. The Morgan fingerprint density at radius 3 is 2.60 bits per heavy atom. The summed E-state index contributed by atoms with van der Waals surface area (Å²) in [7, 11) is 2.09. The van der Waals surface area contributed by atoms with E-state index in [0.717, 1.165) is 45.3 Å². The van der Waals surface area contributed by atoms with Crippen LogP contribution in [0.3, 0.4) is 0 Å². The van der Waals surface area contributed by atoms with Gasteiger partial charge >= 0.3 is 5.97 Å². The number of hydrogen-bond donors (Lipinski definition) is 1. The molecular weight excluding hydrogens is 448 g/mol. The van der Waals surface area contributed by atoms with Crippen molar-refractivity contribution in [3.63, 3.8) is 0 Å². The number of nitrogen functional groups attached to an aromatic ring is 1. The molecule has 0 saturated carbocycles. The molecule has 4 aliphatic rings. The van der Waals surface area contributed by atoms with Gasteiger partial charge in [-0.15, -0.1) is 0 Å². The molecule has 3 aromatic carbocycles. The first-order chi connectivity index (χ1) is 17.1. The Balaban J connectivity index is 1.36. The molecule has 8 nitrogen and oxygen atoms in total. The molecule has 3 aliphatic heterocycles. The molecule has 0 bridgehead atoms. The van der Waals surface area contributed by atoms with Gasteiger partial charge in [0.05, 0.1) is 5.56 Å². The first kappa shape index (κ1) is 20.5. The number of likely N-dealkylation sites (N-methyl/N-ethyl adjacent to an activating group) is 1. The molecule has 7 rings (SSSR count). The highest BCUT2D eigenvalue weighted by molar-refractivity contribution is 5.95. The van der Waals surface area contributed by atoms with Crippen molar-refractivity contribution < 1.29 is 28.5 Å². The van der Waals surface area contributed by atoms with E-state index in [1.54, 1.807) is 24.3 Å². The van der Waals surface area contributed by atoms with Crippen LogP contribution < -0.4 is 24.7 Å². The van der Waals surface area contributed by atoms with Crippen molar-refractivity contribution >= 4 is 11.7 Å². The predicted molar refractivity (Wildman–Crippen MR) is 126 cm³/mol. The van der Waals surface area contributed by atoms with Crippen molar-refractivity contribution in [2.75, 3.05) is 26.4 Å². The van der Waals surface area contributed by atoms with Gasteiger partial charge in [0.2, 0.25) is 13.6 Å². The number of para-hydroxylation sites is 1. The molecule has 3 heterocycles. The van der Waals surface area contributed by atoms with Crippen LogP contribution in [0.2, 0.25) is 0 Å². The Morgan fingerprint density at radius 1 is 0.971 bits per heavy atom. The van der Waals surface area contributed by atoms with Crippen LogP contribution in [0.5, 0.6) is 23.0 Å². The third-order valence-electron chi connectivity index (χ3n) is 7.47. The number of nitrogens with zero attached hydrogens (tertiary/aromatic N) is 1. The van der Waals surface area contributed by atoms with E-state index in [4.69, 9.17) is 29.4 Å². The van der Waals surface area contributed by atoms with Crippen LogP contribution in [0.25, 0.3) is 0 Å². The number of rotatable bonds is 2. The van der Waals surface area contributed by atoms with Gasteiger partial charge in [-0.2, -0.15) is 0 Å². The first-order valence-electron chi connectivity index (χ1n) is 11.7. The zero-order valence-corrected chi connectivity index (χ0v) is 19.2. The molecule has 0 amide bonds. The molecule has 0 unspecified atom stereocenters. The number of ether oxygens (including phenoxy) is 5. The van der Waals surface area contributed by atoms with E-state index in [9.17, 15) is 4.79 Å². The van der Waals surface area contributed by atoms with Crippen molar-refractivity contribution in [1.82, 2.24) is 4.90 Å². The minimum Gasteiger partial charge on any atom is -0.458 e. The fourth-order valence-electron chi connectivity index (χ4n) is 5.94. The van der Waals surface area contributed by atoms with Crippen molar-refractivity contribution in [1.29, 1.82) is 0 Å². The lowest BCUT2D eigenvalue weighted by Crippen LogP contribution is -2.45. The Bertz CT molecular complexity index is 1370. The van der Waals surface area contributed by atoms with Crippen molar-refractivity contribution in [2.24, 2.45) is 0 Å². The van der Waals surface area contributed by atoms with Crippen molar-refractivity contribution in [3.05, 3.63) is 76.3 Å². The van der Waals surface area contributed by atoms with E-state index in [0.29, 0.717) is 24.2 Å². The van der Waals surface area contributed by atoms with Crippen LogP contribution in [-0.2, 0) is 17.7 Å². The summed E-state index contributed by atoms with van der Waals surface area (Å²) >= 11 is 0. The fraction of sp³-hybridized carbons (Fsp3) is 0.296. The first-order valence-corrected chi connectivity index (χ1v) is 11.7. The second-order valence-corrected chi connectivity index (χ2v) is 9.39. The highest BCUT2D eigenvalue weighted by Gasteiger charge is 2.47. The van der Waals surface area contributed by atoms with Crippen LogP contribution >= 0.6 is 0 Å². The summed E-state index contributed by atoms with van der Waals surface area (Å²) in [6.07, 6.45) is 0.134. The molecule has 0 aromatic heterocycles. The van der Waals surface area contributed by atoms with Crippen molar-refractivity contribution in [2.45, 2.75) is 31.0 Å². The van der Waals surface area contributed by atoms with Crippen LogP contribution in [0.1, 0.15) is 44.6 Å². The average molecular weight is 472 g/mol. The maximum atomic E-state index is 13.3. The number of benzene rings is 3. The molecule has 0 radical (unpaired) electrons. The van der Waals surface area contributed by atoms with Gasteiger partial charge in [0.25, 0.3) is 0 Å². The Morgan fingerprint density at radius 2 is 1.74 bits per heavy atom. The molecule has 0 fully saturated rings. The number of carbonyl (C=O) groups excluding carboxylic acids is 1. The van der Waals surface area contributed by atoms with Gasteiger partial charge in [-0.3, -0.25) is 4.90 Å². The smallest absolute Gasteiger partial charge is 0.340 e. The molecular formula is C27H24N2O6. The number of fused-ring (bicyclic) bond motifs is 8. The average Bonchev–Trinajstić information content (AvgIpc) is 3.52. The van der Waals surface area contributed by atoms with E-state index < -0.39 is 12.1 Å².